The lowest BCUT2D eigenvalue weighted by molar-refractivity contribution is -0.135. The summed E-state index contributed by atoms with van der Waals surface area (Å²) in [6, 6.07) is 1.16. The number of hydrogen-bond acceptors (Lipinski definition) is 3. The molecule has 4 nitrogen and oxygen atoms in total. The van der Waals surface area contributed by atoms with Crippen LogP contribution in [-0.2, 0) is 9.53 Å². The third-order valence-electron chi connectivity index (χ3n) is 3.14. The average Bonchev–Trinajstić information content (AvgIpc) is 2.46. The van der Waals surface area contributed by atoms with Gasteiger partial charge in [-0.3, -0.25) is 4.79 Å². The molecule has 2 rings (SSSR count). The molecule has 80 valence electrons. The van der Waals surface area contributed by atoms with Gasteiger partial charge in [-0.15, -0.1) is 0 Å². The van der Waals surface area contributed by atoms with Gasteiger partial charge in [0.25, 0.3) is 0 Å². The zero-order valence-corrected chi connectivity index (χ0v) is 8.66. The molecular weight excluding hydrogens is 180 g/mol. The molecule has 1 N–H and O–H groups in total. The van der Waals surface area contributed by atoms with Crippen molar-refractivity contribution in [2.45, 2.75) is 31.3 Å². The van der Waals surface area contributed by atoms with E-state index >= 15 is 0 Å². The van der Waals surface area contributed by atoms with E-state index < -0.39 is 0 Å². The summed E-state index contributed by atoms with van der Waals surface area (Å²) in [5, 5.41) is 3.55. The molecule has 0 aromatic carbocycles. The van der Waals surface area contributed by atoms with Crippen molar-refractivity contribution in [3.05, 3.63) is 0 Å². The van der Waals surface area contributed by atoms with Gasteiger partial charge in [-0.1, -0.05) is 0 Å². The van der Waals surface area contributed by atoms with Gasteiger partial charge >= 0.3 is 0 Å². The molecule has 2 saturated heterocycles. The van der Waals surface area contributed by atoms with E-state index in [2.05, 4.69) is 5.32 Å². The van der Waals surface area contributed by atoms with Gasteiger partial charge in [0.15, 0.2) is 0 Å². The zero-order valence-electron chi connectivity index (χ0n) is 8.66. The molecular formula is C10H18N2O2. The van der Waals surface area contributed by atoms with E-state index in [0.29, 0.717) is 12.1 Å². The molecule has 2 aliphatic heterocycles. The van der Waals surface area contributed by atoms with Crippen LogP contribution in [0.3, 0.4) is 0 Å². The first-order valence-corrected chi connectivity index (χ1v) is 5.32. The van der Waals surface area contributed by atoms with Gasteiger partial charge in [0, 0.05) is 32.3 Å². The molecule has 0 aliphatic carbocycles. The highest BCUT2D eigenvalue weighted by Gasteiger charge is 2.30. The zero-order chi connectivity index (χ0) is 9.97. The van der Waals surface area contributed by atoms with Crippen molar-refractivity contribution in [3.63, 3.8) is 0 Å². The van der Waals surface area contributed by atoms with E-state index in [1.165, 1.54) is 12.8 Å². The Morgan fingerprint density at radius 3 is 3.00 bits per heavy atom. The molecule has 4 heteroatoms. The fraction of sp³-hybridized carbons (Fsp3) is 0.900. The van der Waals surface area contributed by atoms with Crippen molar-refractivity contribution >= 4 is 5.91 Å². The van der Waals surface area contributed by atoms with Crippen LogP contribution in [-0.4, -0.2) is 49.7 Å². The number of carbonyl (C=O) groups is 1. The summed E-state index contributed by atoms with van der Waals surface area (Å²) in [4.78, 5) is 13.5. The number of rotatable bonds is 2. The monoisotopic (exact) mass is 198 g/mol. The Kier molecular flexibility index (Phi) is 3.03. The summed E-state index contributed by atoms with van der Waals surface area (Å²) in [6.45, 7) is 1.96. The average molecular weight is 198 g/mol. The highest BCUT2D eigenvalue weighted by molar-refractivity contribution is 5.77. The van der Waals surface area contributed by atoms with Gasteiger partial charge in [0.1, 0.15) is 6.61 Å². The Labute approximate surface area is 84.6 Å². The van der Waals surface area contributed by atoms with Crippen LogP contribution in [0.4, 0.5) is 0 Å². The molecule has 2 bridgehead atoms. The summed E-state index contributed by atoms with van der Waals surface area (Å²) in [7, 11) is 1.57. The summed E-state index contributed by atoms with van der Waals surface area (Å²) in [5.41, 5.74) is 0. The smallest absolute Gasteiger partial charge is 0.248 e. The number of ether oxygens (including phenoxy) is 1. The van der Waals surface area contributed by atoms with Crippen LogP contribution >= 0.6 is 0 Å². The quantitative estimate of drug-likeness (QED) is 0.678. The number of likely N-dealkylation sites (tertiary alicyclic amines) is 1. The Bertz CT molecular complexity index is 220. The minimum absolute atomic E-state index is 0.127. The van der Waals surface area contributed by atoms with E-state index in [-0.39, 0.29) is 12.5 Å². The fourth-order valence-electron chi connectivity index (χ4n) is 2.38. The molecule has 0 aromatic rings. The number of hydrogen-bond donors (Lipinski definition) is 1. The highest BCUT2D eigenvalue weighted by atomic mass is 16.5. The lowest BCUT2D eigenvalue weighted by Gasteiger charge is -2.23. The summed E-state index contributed by atoms with van der Waals surface area (Å²) in [5.74, 6) is 0.127. The highest BCUT2D eigenvalue weighted by Crippen LogP contribution is 2.20. The Morgan fingerprint density at radius 2 is 2.21 bits per heavy atom. The van der Waals surface area contributed by atoms with Crippen molar-refractivity contribution in [3.8, 4) is 0 Å². The van der Waals surface area contributed by atoms with Gasteiger partial charge in [-0.25, -0.2) is 0 Å². The Morgan fingerprint density at radius 1 is 1.43 bits per heavy atom. The van der Waals surface area contributed by atoms with Gasteiger partial charge in [-0.05, 0) is 19.3 Å². The molecule has 2 fully saturated rings. The van der Waals surface area contributed by atoms with Gasteiger partial charge in [-0.2, -0.15) is 0 Å². The topological polar surface area (TPSA) is 41.6 Å². The second kappa shape index (κ2) is 4.28. The standard InChI is InChI=1S/C10H18N2O2/c1-14-7-10(13)12-5-4-8-2-3-9(6-12)11-8/h8-9,11H,2-7H2,1H3/t8-,9+/m1/s1. The predicted octanol–water partition coefficient (Wildman–Crippen LogP) is -0.0143. The van der Waals surface area contributed by atoms with E-state index in [0.717, 1.165) is 19.5 Å². The predicted molar refractivity (Wildman–Crippen MR) is 53.0 cm³/mol. The Hall–Kier alpha value is -0.610. The molecule has 2 heterocycles. The summed E-state index contributed by atoms with van der Waals surface area (Å²) >= 11 is 0. The largest absolute Gasteiger partial charge is 0.375 e. The van der Waals surface area contributed by atoms with Crippen LogP contribution in [0.5, 0.6) is 0 Å². The van der Waals surface area contributed by atoms with Crippen LogP contribution < -0.4 is 5.32 Å². The molecule has 0 radical (unpaired) electrons. The maximum atomic E-state index is 11.6. The van der Waals surface area contributed by atoms with Crippen LogP contribution in [0.1, 0.15) is 19.3 Å². The minimum Gasteiger partial charge on any atom is -0.375 e. The molecule has 0 saturated carbocycles. The number of nitrogens with one attached hydrogen (secondary N) is 1. The number of carbonyl (C=O) groups excluding carboxylic acids is 1. The normalized spacial score (nSPS) is 31.6. The molecule has 14 heavy (non-hydrogen) atoms. The number of amides is 1. The summed E-state index contributed by atoms with van der Waals surface area (Å²) in [6.07, 6.45) is 3.57. The summed E-state index contributed by atoms with van der Waals surface area (Å²) < 4.78 is 4.87. The minimum atomic E-state index is 0.127. The molecule has 0 aromatic heterocycles. The van der Waals surface area contributed by atoms with Gasteiger partial charge in [0.05, 0.1) is 0 Å². The second-order valence-electron chi connectivity index (χ2n) is 4.20. The molecule has 1 amide bonds. The third-order valence-corrected chi connectivity index (χ3v) is 3.14. The second-order valence-corrected chi connectivity index (χ2v) is 4.20. The number of nitrogens with zero attached hydrogens (tertiary/aromatic N) is 1. The number of methoxy groups -OCH3 is 1. The van der Waals surface area contributed by atoms with Crippen molar-refractivity contribution < 1.29 is 9.53 Å². The van der Waals surface area contributed by atoms with Crippen LogP contribution in [0.15, 0.2) is 0 Å². The van der Waals surface area contributed by atoms with Crippen molar-refractivity contribution in [2.75, 3.05) is 26.8 Å². The van der Waals surface area contributed by atoms with E-state index in [9.17, 15) is 4.79 Å². The lowest BCUT2D eigenvalue weighted by Crippen LogP contribution is -2.40. The first-order valence-electron chi connectivity index (χ1n) is 5.32. The van der Waals surface area contributed by atoms with E-state index in [4.69, 9.17) is 4.74 Å². The fourth-order valence-corrected chi connectivity index (χ4v) is 2.38. The van der Waals surface area contributed by atoms with E-state index in [1.54, 1.807) is 7.11 Å². The Balaban J connectivity index is 1.91. The van der Waals surface area contributed by atoms with Crippen LogP contribution in [0.25, 0.3) is 0 Å². The van der Waals surface area contributed by atoms with Crippen LogP contribution in [0, 0.1) is 0 Å². The third kappa shape index (κ3) is 2.07. The van der Waals surface area contributed by atoms with Crippen molar-refractivity contribution in [1.29, 1.82) is 0 Å². The maximum absolute atomic E-state index is 11.6. The van der Waals surface area contributed by atoms with E-state index in [1.807, 2.05) is 4.90 Å². The first kappa shape index (κ1) is 9.93. The molecule has 0 unspecified atom stereocenters. The number of fused-ring (bicyclic) bond motifs is 2. The molecule has 2 atom stereocenters. The molecule has 2 aliphatic rings. The maximum Gasteiger partial charge on any atom is 0.248 e. The first-order chi connectivity index (χ1) is 6.79. The van der Waals surface area contributed by atoms with Gasteiger partial charge in [0.2, 0.25) is 5.91 Å². The van der Waals surface area contributed by atoms with Crippen LogP contribution in [0.2, 0.25) is 0 Å². The van der Waals surface area contributed by atoms with Crippen molar-refractivity contribution in [1.82, 2.24) is 10.2 Å². The lowest BCUT2D eigenvalue weighted by atomic mass is 10.1. The van der Waals surface area contributed by atoms with Crippen molar-refractivity contribution in [2.24, 2.45) is 0 Å². The van der Waals surface area contributed by atoms with Gasteiger partial charge < -0.3 is 15.0 Å². The molecule has 0 spiro atoms. The SMILES string of the molecule is COCC(=O)N1CC[C@H]2CC[C@@H](C1)N2.